The summed E-state index contributed by atoms with van der Waals surface area (Å²) >= 11 is 0. The van der Waals surface area contributed by atoms with E-state index in [0.717, 1.165) is 44.7 Å². The van der Waals surface area contributed by atoms with Gasteiger partial charge in [-0.25, -0.2) is 13.8 Å². The number of fused-ring (bicyclic) bond motifs is 4. The monoisotopic (exact) mass is 512 g/mol. The summed E-state index contributed by atoms with van der Waals surface area (Å²) in [7, 11) is 0. The summed E-state index contributed by atoms with van der Waals surface area (Å²) in [5.41, 5.74) is 2.12. The molecule has 2 atom stereocenters. The number of ether oxygens (including phenoxy) is 2. The molecule has 4 heterocycles. The maximum atomic E-state index is 15.6. The summed E-state index contributed by atoms with van der Waals surface area (Å²) in [6, 6.07) is 4.89. The Labute approximate surface area is 216 Å². The van der Waals surface area contributed by atoms with Gasteiger partial charge in [0, 0.05) is 17.5 Å². The molecule has 3 fully saturated rings. The van der Waals surface area contributed by atoms with Gasteiger partial charge in [0.15, 0.2) is 0 Å². The van der Waals surface area contributed by atoms with E-state index in [0.29, 0.717) is 41.7 Å². The summed E-state index contributed by atoms with van der Waals surface area (Å²) in [4.78, 5) is 22.1. The van der Waals surface area contributed by atoms with Crippen LogP contribution in [0.4, 0.5) is 31.7 Å². The first-order chi connectivity index (χ1) is 17.9. The van der Waals surface area contributed by atoms with Crippen LogP contribution in [0, 0.1) is 17.6 Å². The number of hydrogen-bond donors (Lipinski definition) is 1. The fraction of sp³-hybridized carbons (Fsp3) is 0.571. The Morgan fingerprint density at radius 2 is 1.78 bits per heavy atom. The Kier molecular flexibility index (Phi) is 6.52. The lowest BCUT2D eigenvalue weighted by Crippen LogP contribution is -2.46. The van der Waals surface area contributed by atoms with E-state index in [1.165, 1.54) is 12.1 Å². The van der Waals surface area contributed by atoms with E-state index in [9.17, 15) is 9.18 Å². The van der Waals surface area contributed by atoms with Gasteiger partial charge >= 0.3 is 0 Å². The second kappa shape index (κ2) is 9.83. The molecule has 4 aliphatic rings. The average Bonchev–Trinajstić information content (AvgIpc) is 3.02. The standard InChI is InChI=1S/C28H34F2N4O3/c1-16(2)37-22-7-3-17(4-8-22)28(35)33-13-18-9-19(29)12-31-27(18)32-24-10-23(30)25(11-26(24)33)34-20-5-6-21(34)15-36-14-20/h9-12,16-17,20-22H,3-8,13-15H2,1-2H3,(H,31,32)/t17?,20-,21-,22?/m1/s1. The number of aromatic nitrogens is 1. The van der Waals surface area contributed by atoms with Crippen molar-refractivity contribution in [2.45, 2.75) is 83.2 Å². The minimum Gasteiger partial charge on any atom is -0.377 e. The third-order valence-electron chi connectivity index (χ3n) is 8.14. The molecular formula is C28H34F2N4O3. The van der Waals surface area contributed by atoms with Gasteiger partial charge in [0.1, 0.15) is 17.5 Å². The normalized spacial score (nSPS) is 26.9. The number of anilines is 4. The van der Waals surface area contributed by atoms with Gasteiger partial charge in [0.2, 0.25) is 5.91 Å². The third kappa shape index (κ3) is 4.68. The first-order valence-electron chi connectivity index (χ1n) is 13.4. The second-order valence-corrected chi connectivity index (χ2v) is 11.0. The topological polar surface area (TPSA) is 66.9 Å². The van der Waals surface area contributed by atoms with Gasteiger partial charge in [-0.05, 0) is 64.5 Å². The highest BCUT2D eigenvalue weighted by Crippen LogP contribution is 2.44. The molecule has 1 N–H and O–H groups in total. The van der Waals surface area contributed by atoms with Crippen LogP contribution < -0.4 is 15.1 Å². The van der Waals surface area contributed by atoms with Gasteiger partial charge in [-0.2, -0.15) is 0 Å². The van der Waals surface area contributed by atoms with Crippen LogP contribution in [-0.4, -0.2) is 48.4 Å². The molecule has 3 aliphatic heterocycles. The van der Waals surface area contributed by atoms with Crippen molar-refractivity contribution in [3.63, 3.8) is 0 Å². The summed E-state index contributed by atoms with van der Waals surface area (Å²) < 4.78 is 41.5. The van der Waals surface area contributed by atoms with Crippen LogP contribution >= 0.6 is 0 Å². The number of morpholine rings is 1. The van der Waals surface area contributed by atoms with Crippen molar-refractivity contribution in [1.82, 2.24) is 4.98 Å². The lowest BCUT2D eigenvalue weighted by molar-refractivity contribution is -0.124. The molecule has 37 heavy (non-hydrogen) atoms. The largest absolute Gasteiger partial charge is 0.377 e. The molecule has 1 aliphatic carbocycles. The molecular weight excluding hydrogens is 478 g/mol. The highest BCUT2D eigenvalue weighted by atomic mass is 19.1. The number of nitrogens with zero attached hydrogens (tertiary/aromatic N) is 3. The Morgan fingerprint density at radius 1 is 1.05 bits per heavy atom. The lowest BCUT2D eigenvalue weighted by atomic mass is 9.86. The van der Waals surface area contributed by atoms with Gasteiger partial charge in [-0.3, -0.25) is 4.79 Å². The lowest BCUT2D eigenvalue weighted by Gasteiger charge is -2.38. The van der Waals surface area contributed by atoms with Crippen molar-refractivity contribution >= 4 is 28.8 Å². The van der Waals surface area contributed by atoms with Crippen molar-refractivity contribution in [2.24, 2.45) is 5.92 Å². The van der Waals surface area contributed by atoms with Crippen LogP contribution in [0.1, 0.15) is 57.9 Å². The predicted molar refractivity (Wildman–Crippen MR) is 137 cm³/mol. The van der Waals surface area contributed by atoms with Crippen molar-refractivity contribution in [3.05, 3.63) is 41.6 Å². The smallest absolute Gasteiger partial charge is 0.230 e. The fourth-order valence-electron chi connectivity index (χ4n) is 6.44. The van der Waals surface area contributed by atoms with Crippen molar-refractivity contribution in [3.8, 4) is 0 Å². The van der Waals surface area contributed by atoms with E-state index in [2.05, 4.69) is 15.2 Å². The van der Waals surface area contributed by atoms with Crippen molar-refractivity contribution in [2.75, 3.05) is 28.3 Å². The maximum absolute atomic E-state index is 15.6. The van der Waals surface area contributed by atoms with Gasteiger partial charge in [-0.1, -0.05) is 0 Å². The molecule has 1 aromatic heterocycles. The molecule has 0 radical (unpaired) electrons. The zero-order chi connectivity index (χ0) is 25.7. The fourth-order valence-corrected chi connectivity index (χ4v) is 6.44. The molecule has 6 rings (SSSR count). The van der Waals surface area contributed by atoms with Crippen LogP contribution in [0.3, 0.4) is 0 Å². The summed E-state index contributed by atoms with van der Waals surface area (Å²) in [5, 5.41) is 3.18. The first-order valence-corrected chi connectivity index (χ1v) is 13.4. The van der Waals surface area contributed by atoms with E-state index in [-0.39, 0.29) is 48.5 Å². The van der Waals surface area contributed by atoms with Crippen molar-refractivity contribution in [1.29, 1.82) is 0 Å². The molecule has 2 aromatic rings. The van der Waals surface area contributed by atoms with Crippen LogP contribution in [0.2, 0.25) is 0 Å². The van der Waals surface area contributed by atoms with E-state index in [1.54, 1.807) is 11.0 Å². The average molecular weight is 513 g/mol. The maximum Gasteiger partial charge on any atom is 0.230 e. The van der Waals surface area contributed by atoms with Crippen LogP contribution in [0.5, 0.6) is 0 Å². The molecule has 9 heteroatoms. The van der Waals surface area contributed by atoms with Crippen LogP contribution in [0.15, 0.2) is 24.4 Å². The van der Waals surface area contributed by atoms with Crippen LogP contribution in [0.25, 0.3) is 0 Å². The quantitative estimate of drug-likeness (QED) is 0.600. The van der Waals surface area contributed by atoms with E-state index < -0.39 is 5.82 Å². The van der Waals surface area contributed by atoms with Gasteiger partial charge < -0.3 is 24.6 Å². The number of hydrogen-bond acceptors (Lipinski definition) is 6. The minimum absolute atomic E-state index is 0.0225. The number of benzene rings is 1. The Hall–Kier alpha value is -2.78. The Balaban J connectivity index is 1.36. The van der Waals surface area contributed by atoms with E-state index >= 15 is 4.39 Å². The molecule has 1 aromatic carbocycles. The summed E-state index contributed by atoms with van der Waals surface area (Å²) in [6.07, 6.45) is 6.48. The highest BCUT2D eigenvalue weighted by molar-refractivity contribution is 6.00. The Morgan fingerprint density at radius 3 is 2.49 bits per heavy atom. The number of rotatable bonds is 4. The van der Waals surface area contributed by atoms with E-state index in [1.807, 2.05) is 13.8 Å². The molecule has 2 saturated heterocycles. The second-order valence-electron chi connectivity index (χ2n) is 11.0. The molecule has 198 valence electrons. The number of amides is 1. The molecule has 0 unspecified atom stereocenters. The number of carbonyl (C=O) groups is 1. The summed E-state index contributed by atoms with van der Waals surface area (Å²) in [6.45, 7) is 5.37. The molecule has 7 nitrogen and oxygen atoms in total. The number of carbonyl (C=O) groups excluding carboxylic acids is 1. The Bertz CT molecular complexity index is 1170. The summed E-state index contributed by atoms with van der Waals surface area (Å²) in [5.74, 6) is -0.580. The number of nitrogens with one attached hydrogen (secondary N) is 1. The first kappa shape index (κ1) is 24.6. The van der Waals surface area contributed by atoms with Crippen molar-refractivity contribution < 1.29 is 23.0 Å². The van der Waals surface area contributed by atoms with Gasteiger partial charge in [-0.15, -0.1) is 0 Å². The zero-order valence-electron chi connectivity index (χ0n) is 21.4. The number of halogens is 2. The molecule has 0 spiro atoms. The highest BCUT2D eigenvalue weighted by Gasteiger charge is 2.40. The zero-order valence-corrected chi connectivity index (χ0v) is 21.4. The molecule has 1 amide bonds. The van der Waals surface area contributed by atoms with Gasteiger partial charge in [0.05, 0.1) is 67.3 Å². The molecule has 2 bridgehead atoms. The predicted octanol–water partition coefficient (Wildman–Crippen LogP) is 5.30. The van der Waals surface area contributed by atoms with E-state index in [4.69, 9.17) is 9.47 Å². The third-order valence-corrected chi connectivity index (χ3v) is 8.14. The molecule has 1 saturated carbocycles. The van der Waals surface area contributed by atoms with Gasteiger partial charge in [0.25, 0.3) is 0 Å². The van der Waals surface area contributed by atoms with Crippen LogP contribution in [-0.2, 0) is 20.8 Å². The minimum atomic E-state index is -0.470. The SMILES string of the molecule is CC(C)OC1CCC(C(=O)N2Cc3cc(F)cnc3Nc3cc(F)c(N4[C@@H]5CC[C@@H]4COC5)cc32)CC1. The number of pyridine rings is 1.